The summed E-state index contributed by atoms with van der Waals surface area (Å²) in [5.74, 6) is 0.305. The molecule has 2 unspecified atom stereocenters. The average Bonchev–Trinajstić information content (AvgIpc) is 2.81. The van der Waals surface area contributed by atoms with E-state index in [9.17, 15) is 0 Å². The second-order valence-corrected chi connectivity index (χ2v) is 5.50. The van der Waals surface area contributed by atoms with Gasteiger partial charge < -0.3 is 5.73 Å². The molecule has 1 heterocycles. The van der Waals surface area contributed by atoms with Crippen LogP contribution in [0.15, 0.2) is 41.0 Å². The molecule has 4 heteroatoms. The summed E-state index contributed by atoms with van der Waals surface area (Å²) >= 11 is 3.57. The molecule has 19 heavy (non-hydrogen) atoms. The number of rotatable bonds is 5. The Kier molecular flexibility index (Phi) is 4.77. The Bertz CT molecular complexity index is 521. The number of aromatic nitrogens is 2. The fourth-order valence-corrected chi connectivity index (χ4v) is 3.10. The molecule has 0 saturated carbocycles. The predicted molar refractivity (Wildman–Crippen MR) is 82.0 cm³/mol. The van der Waals surface area contributed by atoms with Crippen LogP contribution in [-0.4, -0.2) is 9.78 Å². The molecule has 0 radical (unpaired) electrons. The normalized spacial score (nSPS) is 14.3. The quantitative estimate of drug-likeness (QED) is 0.908. The highest BCUT2D eigenvalue weighted by atomic mass is 79.9. The van der Waals surface area contributed by atoms with Crippen molar-refractivity contribution in [3.05, 3.63) is 52.3 Å². The monoisotopic (exact) mass is 321 g/mol. The van der Waals surface area contributed by atoms with E-state index in [2.05, 4.69) is 59.1 Å². The van der Waals surface area contributed by atoms with Crippen molar-refractivity contribution in [1.82, 2.24) is 9.78 Å². The summed E-state index contributed by atoms with van der Waals surface area (Å²) in [6.45, 7) is 5.09. The van der Waals surface area contributed by atoms with Crippen molar-refractivity contribution >= 4 is 15.9 Å². The van der Waals surface area contributed by atoms with E-state index in [1.54, 1.807) is 0 Å². The Morgan fingerprint density at radius 3 is 2.53 bits per heavy atom. The standard InChI is InChI=1S/C15H20BrN3/c1-3-12(11-8-6-5-7-9-11)14(17)15-13(16)10-18-19(15)4-2/h5-10,12,14H,3-4,17H2,1-2H3. The third kappa shape index (κ3) is 2.90. The van der Waals surface area contributed by atoms with Gasteiger partial charge in [-0.3, -0.25) is 4.68 Å². The van der Waals surface area contributed by atoms with E-state index in [1.165, 1.54) is 5.56 Å². The van der Waals surface area contributed by atoms with Crippen molar-refractivity contribution in [2.75, 3.05) is 0 Å². The van der Waals surface area contributed by atoms with Crippen LogP contribution in [0.4, 0.5) is 0 Å². The van der Waals surface area contributed by atoms with Crippen LogP contribution in [-0.2, 0) is 6.54 Å². The third-order valence-corrected chi connectivity index (χ3v) is 4.16. The van der Waals surface area contributed by atoms with Crippen molar-refractivity contribution in [2.45, 2.75) is 38.8 Å². The number of benzene rings is 1. The molecule has 3 nitrogen and oxygen atoms in total. The molecule has 2 aromatic rings. The molecule has 2 N–H and O–H groups in total. The van der Waals surface area contributed by atoms with Crippen molar-refractivity contribution in [3.63, 3.8) is 0 Å². The van der Waals surface area contributed by atoms with Gasteiger partial charge in [0.2, 0.25) is 0 Å². The first kappa shape index (κ1) is 14.3. The molecule has 0 aliphatic heterocycles. The van der Waals surface area contributed by atoms with Crippen LogP contribution < -0.4 is 5.73 Å². The maximum absolute atomic E-state index is 6.51. The minimum Gasteiger partial charge on any atom is -0.322 e. The Hall–Kier alpha value is -1.13. The molecular formula is C15H20BrN3. The highest BCUT2D eigenvalue weighted by Gasteiger charge is 2.24. The average molecular weight is 322 g/mol. The molecule has 2 rings (SSSR count). The topological polar surface area (TPSA) is 43.8 Å². The van der Waals surface area contributed by atoms with Crippen molar-refractivity contribution in [1.29, 1.82) is 0 Å². The SMILES string of the molecule is CCC(c1ccccc1)C(N)c1c(Br)cnn1CC. The first-order valence-electron chi connectivity index (χ1n) is 6.70. The van der Waals surface area contributed by atoms with E-state index in [1.807, 2.05) is 16.9 Å². The zero-order valence-corrected chi connectivity index (χ0v) is 13.0. The van der Waals surface area contributed by atoms with Gasteiger partial charge in [-0.05, 0) is 34.8 Å². The second kappa shape index (κ2) is 6.35. The first-order valence-corrected chi connectivity index (χ1v) is 7.50. The molecule has 2 atom stereocenters. The van der Waals surface area contributed by atoms with Crippen LogP contribution in [0.3, 0.4) is 0 Å². The lowest BCUT2D eigenvalue weighted by Gasteiger charge is -2.24. The molecule has 1 aromatic heterocycles. The second-order valence-electron chi connectivity index (χ2n) is 4.64. The minimum atomic E-state index is -0.0516. The van der Waals surface area contributed by atoms with Gasteiger partial charge >= 0.3 is 0 Å². The molecule has 0 aliphatic carbocycles. The molecule has 0 fully saturated rings. The summed E-state index contributed by atoms with van der Waals surface area (Å²) in [4.78, 5) is 0. The summed E-state index contributed by atoms with van der Waals surface area (Å²) < 4.78 is 2.97. The first-order chi connectivity index (χ1) is 9.19. The largest absolute Gasteiger partial charge is 0.322 e. The van der Waals surface area contributed by atoms with Gasteiger partial charge in [0.1, 0.15) is 0 Å². The smallest absolute Gasteiger partial charge is 0.0699 e. The lowest BCUT2D eigenvalue weighted by molar-refractivity contribution is 0.486. The summed E-state index contributed by atoms with van der Waals surface area (Å²) in [6.07, 6.45) is 2.84. The number of aryl methyl sites for hydroxylation is 1. The number of hydrogen-bond acceptors (Lipinski definition) is 2. The van der Waals surface area contributed by atoms with Gasteiger partial charge in [0.05, 0.1) is 22.4 Å². The number of halogens is 1. The van der Waals surface area contributed by atoms with E-state index in [0.29, 0.717) is 5.92 Å². The van der Waals surface area contributed by atoms with Crippen LogP contribution in [0.25, 0.3) is 0 Å². The van der Waals surface area contributed by atoms with Gasteiger partial charge in [-0.1, -0.05) is 37.3 Å². The Morgan fingerprint density at radius 1 is 1.26 bits per heavy atom. The van der Waals surface area contributed by atoms with Crippen molar-refractivity contribution in [2.24, 2.45) is 5.73 Å². The Balaban J connectivity index is 2.36. The van der Waals surface area contributed by atoms with Crippen LogP contribution in [0.5, 0.6) is 0 Å². The predicted octanol–water partition coefficient (Wildman–Crippen LogP) is 3.86. The molecule has 1 aromatic carbocycles. The summed E-state index contributed by atoms with van der Waals surface area (Å²) in [7, 11) is 0. The summed E-state index contributed by atoms with van der Waals surface area (Å²) in [5, 5.41) is 4.36. The summed E-state index contributed by atoms with van der Waals surface area (Å²) in [5.41, 5.74) is 8.88. The zero-order chi connectivity index (χ0) is 13.8. The molecular weight excluding hydrogens is 302 g/mol. The number of nitrogens with zero attached hydrogens (tertiary/aromatic N) is 2. The fourth-order valence-electron chi connectivity index (χ4n) is 2.54. The third-order valence-electron chi connectivity index (χ3n) is 3.55. The highest BCUT2D eigenvalue weighted by molar-refractivity contribution is 9.10. The number of hydrogen-bond donors (Lipinski definition) is 1. The maximum atomic E-state index is 6.51. The van der Waals surface area contributed by atoms with E-state index in [4.69, 9.17) is 5.73 Å². The van der Waals surface area contributed by atoms with Gasteiger partial charge in [0.15, 0.2) is 0 Å². The Morgan fingerprint density at radius 2 is 1.95 bits per heavy atom. The molecule has 102 valence electrons. The molecule has 0 bridgehead atoms. The molecule has 0 spiro atoms. The van der Waals surface area contributed by atoms with Crippen molar-refractivity contribution in [3.8, 4) is 0 Å². The zero-order valence-electron chi connectivity index (χ0n) is 11.4. The molecule has 0 aliphatic rings. The van der Waals surface area contributed by atoms with Crippen LogP contribution in [0, 0.1) is 0 Å². The lowest BCUT2D eigenvalue weighted by Crippen LogP contribution is -2.23. The van der Waals surface area contributed by atoms with Crippen LogP contribution in [0.1, 0.15) is 43.5 Å². The fraction of sp³-hybridized carbons (Fsp3) is 0.400. The minimum absolute atomic E-state index is 0.0516. The molecule has 0 amide bonds. The van der Waals surface area contributed by atoms with E-state index < -0.39 is 0 Å². The van der Waals surface area contributed by atoms with Crippen LogP contribution in [0.2, 0.25) is 0 Å². The number of nitrogens with two attached hydrogens (primary N) is 1. The van der Waals surface area contributed by atoms with Crippen LogP contribution >= 0.6 is 15.9 Å². The highest BCUT2D eigenvalue weighted by Crippen LogP contribution is 2.34. The van der Waals surface area contributed by atoms with Gasteiger partial charge in [-0.15, -0.1) is 0 Å². The Labute approximate surface area is 122 Å². The van der Waals surface area contributed by atoms with E-state index in [-0.39, 0.29) is 6.04 Å². The van der Waals surface area contributed by atoms with E-state index >= 15 is 0 Å². The maximum Gasteiger partial charge on any atom is 0.0699 e. The van der Waals surface area contributed by atoms with E-state index in [0.717, 1.165) is 23.1 Å². The van der Waals surface area contributed by atoms with Gasteiger partial charge in [0, 0.05) is 12.5 Å². The lowest BCUT2D eigenvalue weighted by atomic mass is 9.88. The molecule has 0 saturated heterocycles. The van der Waals surface area contributed by atoms with Gasteiger partial charge in [0.25, 0.3) is 0 Å². The van der Waals surface area contributed by atoms with Crippen molar-refractivity contribution < 1.29 is 0 Å². The summed E-state index contributed by atoms with van der Waals surface area (Å²) in [6, 6.07) is 10.4. The van der Waals surface area contributed by atoms with Gasteiger partial charge in [-0.2, -0.15) is 5.10 Å². The van der Waals surface area contributed by atoms with Gasteiger partial charge in [-0.25, -0.2) is 0 Å².